The van der Waals surface area contributed by atoms with Crippen LogP contribution >= 0.6 is 11.6 Å². The molecule has 68 valence electrons. The molecule has 0 saturated heterocycles. The Morgan fingerprint density at radius 1 is 1.18 bits per heavy atom. The van der Waals surface area contributed by atoms with E-state index in [2.05, 4.69) is 20.8 Å². The van der Waals surface area contributed by atoms with Crippen LogP contribution in [0.1, 0.15) is 33.6 Å². The number of halogens is 1. The van der Waals surface area contributed by atoms with Crippen molar-refractivity contribution in [2.75, 3.05) is 12.5 Å². The van der Waals surface area contributed by atoms with Crippen LogP contribution in [0.2, 0.25) is 0 Å². The van der Waals surface area contributed by atoms with Crippen LogP contribution < -0.4 is 0 Å². The summed E-state index contributed by atoms with van der Waals surface area (Å²) in [6.07, 6.45) is 2.53. The highest BCUT2D eigenvalue weighted by molar-refractivity contribution is 6.17. The van der Waals surface area contributed by atoms with Gasteiger partial charge < -0.3 is 4.74 Å². The molecule has 0 amide bonds. The topological polar surface area (TPSA) is 9.23 Å². The Labute approximate surface area is 75.1 Å². The molecule has 0 aromatic heterocycles. The predicted octanol–water partition coefficient (Wildman–Crippen LogP) is 3.07. The molecular weight excluding hydrogens is 160 g/mol. The van der Waals surface area contributed by atoms with E-state index >= 15 is 0 Å². The average molecular weight is 179 g/mol. The molecule has 1 unspecified atom stereocenters. The Kier molecular flexibility index (Phi) is 7.09. The van der Waals surface area contributed by atoms with Crippen molar-refractivity contribution in [1.29, 1.82) is 0 Å². The monoisotopic (exact) mass is 178 g/mol. The molecule has 0 rings (SSSR count). The van der Waals surface area contributed by atoms with Crippen molar-refractivity contribution in [3.63, 3.8) is 0 Å². The molecule has 0 N–H and O–H groups in total. The quantitative estimate of drug-likeness (QED) is 0.449. The summed E-state index contributed by atoms with van der Waals surface area (Å²) in [6, 6.07) is 0. The van der Waals surface area contributed by atoms with E-state index in [1.165, 1.54) is 0 Å². The second-order valence-corrected chi connectivity index (χ2v) is 3.59. The molecular formula is C9H19ClO. The highest BCUT2D eigenvalue weighted by atomic mass is 35.5. The SMILES string of the molecule is CC(C)C(C)OCCCCCl. The van der Waals surface area contributed by atoms with Crippen LogP contribution in [0.5, 0.6) is 0 Å². The van der Waals surface area contributed by atoms with Gasteiger partial charge in [-0.3, -0.25) is 0 Å². The van der Waals surface area contributed by atoms with Crippen LogP contribution in [-0.4, -0.2) is 18.6 Å². The van der Waals surface area contributed by atoms with Gasteiger partial charge in [0.25, 0.3) is 0 Å². The first kappa shape index (κ1) is 11.2. The first-order valence-corrected chi connectivity index (χ1v) is 4.89. The second kappa shape index (κ2) is 6.93. The summed E-state index contributed by atoms with van der Waals surface area (Å²) in [5, 5.41) is 0. The Morgan fingerprint density at radius 3 is 2.27 bits per heavy atom. The van der Waals surface area contributed by atoms with Gasteiger partial charge in [0.2, 0.25) is 0 Å². The number of alkyl halides is 1. The maximum absolute atomic E-state index is 5.55. The smallest absolute Gasteiger partial charge is 0.0569 e. The molecule has 0 aromatic carbocycles. The van der Waals surface area contributed by atoms with Crippen LogP contribution in [0.15, 0.2) is 0 Å². The van der Waals surface area contributed by atoms with E-state index < -0.39 is 0 Å². The van der Waals surface area contributed by atoms with Crippen molar-refractivity contribution in [3.8, 4) is 0 Å². The summed E-state index contributed by atoms with van der Waals surface area (Å²) in [5.41, 5.74) is 0. The first-order chi connectivity index (χ1) is 5.18. The molecule has 0 radical (unpaired) electrons. The summed E-state index contributed by atoms with van der Waals surface area (Å²) in [5.74, 6) is 1.37. The molecule has 0 aromatic rings. The molecule has 1 atom stereocenters. The number of ether oxygens (including phenoxy) is 1. The zero-order valence-corrected chi connectivity index (χ0v) is 8.53. The van der Waals surface area contributed by atoms with Crippen LogP contribution in [0.25, 0.3) is 0 Å². The molecule has 1 nitrogen and oxygen atoms in total. The largest absolute Gasteiger partial charge is 0.378 e. The van der Waals surface area contributed by atoms with Gasteiger partial charge in [0.15, 0.2) is 0 Å². The van der Waals surface area contributed by atoms with Crippen LogP contribution in [0, 0.1) is 5.92 Å². The van der Waals surface area contributed by atoms with E-state index in [0.717, 1.165) is 25.3 Å². The normalized spacial score (nSPS) is 13.9. The van der Waals surface area contributed by atoms with Gasteiger partial charge >= 0.3 is 0 Å². The minimum Gasteiger partial charge on any atom is -0.378 e. The van der Waals surface area contributed by atoms with Gasteiger partial charge in [0.1, 0.15) is 0 Å². The van der Waals surface area contributed by atoms with Gasteiger partial charge in [0, 0.05) is 12.5 Å². The Hall–Kier alpha value is 0.250. The highest BCUT2D eigenvalue weighted by Gasteiger charge is 2.05. The lowest BCUT2D eigenvalue weighted by Gasteiger charge is -2.15. The molecule has 0 bridgehead atoms. The lowest BCUT2D eigenvalue weighted by atomic mass is 10.1. The fourth-order valence-corrected chi connectivity index (χ4v) is 0.847. The van der Waals surface area contributed by atoms with E-state index in [4.69, 9.17) is 16.3 Å². The molecule has 2 heteroatoms. The van der Waals surface area contributed by atoms with Gasteiger partial charge in [-0.25, -0.2) is 0 Å². The summed E-state index contributed by atoms with van der Waals surface area (Å²) >= 11 is 5.52. The zero-order valence-electron chi connectivity index (χ0n) is 7.77. The minimum atomic E-state index is 0.380. The summed E-state index contributed by atoms with van der Waals surface area (Å²) in [4.78, 5) is 0. The van der Waals surface area contributed by atoms with E-state index in [0.29, 0.717) is 12.0 Å². The first-order valence-electron chi connectivity index (χ1n) is 4.36. The molecule has 0 spiro atoms. The fraction of sp³-hybridized carbons (Fsp3) is 1.00. The Bertz CT molecular complexity index is 83.6. The van der Waals surface area contributed by atoms with Crippen molar-refractivity contribution in [2.45, 2.75) is 39.7 Å². The lowest BCUT2D eigenvalue weighted by Crippen LogP contribution is -2.15. The van der Waals surface area contributed by atoms with E-state index in [1.807, 2.05) is 0 Å². The predicted molar refractivity (Wildman–Crippen MR) is 50.2 cm³/mol. The molecule has 0 fully saturated rings. The third-order valence-corrected chi connectivity index (χ3v) is 2.11. The van der Waals surface area contributed by atoms with Crippen molar-refractivity contribution in [1.82, 2.24) is 0 Å². The van der Waals surface area contributed by atoms with Crippen LogP contribution in [-0.2, 0) is 4.74 Å². The maximum Gasteiger partial charge on any atom is 0.0569 e. The van der Waals surface area contributed by atoms with Gasteiger partial charge in [-0.2, -0.15) is 0 Å². The third-order valence-electron chi connectivity index (χ3n) is 1.85. The molecule has 0 saturated carbocycles. The van der Waals surface area contributed by atoms with E-state index in [-0.39, 0.29) is 0 Å². The Balaban J connectivity index is 3.10. The molecule has 0 aliphatic carbocycles. The van der Waals surface area contributed by atoms with Crippen molar-refractivity contribution in [2.24, 2.45) is 5.92 Å². The second-order valence-electron chi connectivity index (χ2n) is 3.22. The minimum absolute atomic E-state index is 0.380. The van der Waals surface area contributed by atoms with Crippen LogP contribution in [0.4, 0.5) is 0 Å². The summed E-state index contributed by atoms with van der Waals surface area (Å²) < 4.78 is 5.55. The number of rotatable bonds is 6. The van der Waals surface area contributed by atoms with Crippen molar-refractivity contribution >= 4 is 11.6 Å². The summed E-state index contributed by atoms with van der Waals surface area (Å²) in [6.45, 7) is 7.32. The standard InChI is InChI=1S/C9H19ClO/c1-8(2)9(3)11-7-5-4-6-10/h8-9H,4-7H2,1-3H3. The van der Waals surface area contributed by atoms with E-state index in [9.17, 15) is 0 Å². The summed E-state index contributed by atoms with van der Waals surface area (Å²) in [7, 11) is 0. The molecule has 0 heterocycles. The number of hydrogen-bond acceptors (Lipinski definition) is 1. The van der Waals surface area contributed by atoms with Crippen molar-refractivity contribution in [3.05, 3.63) is 0 Å². The number of unbranched alkanes of at least 4 members (excludes halogenated alkanes) is 1. The van der Waals surface area contributed by atoms with Gasteiger partial charge in [-0.15, -0.1) is 11.6 Å². The van der Waals surface area contributed by atoms with E-state index in [1.54, 1.807) is 0 Å². The average Bonchev–Trinajstić information content (AvgIpc) is 1.97. The van der Waals surface area contributed by atoms with Crippen molar-refractivity contribution < 1.29 is 4.74 Å². The fourth-order valence-electron chi connectivity index (χ4n) is 0.658. The highest BCUT2D eigenvalue weighted by Crippen LogP contribution is 2.06. The Morgan fingerprint density at radius 2 is 1.82 bits per heavy atom. The zero-order chi connectivity index (χ0) is 8.69. The molecule has 11 heavy (non-hydrogen) atoms. The third kappa shape index (κ3) is 6.64. The van der Waals surface area contributed by atoms with Gasteiger partial charge in [-0.05, 0) is 25.7 Å². The maximum atomic E-state index is 5.55. The molecule has 0 aliphatic rings. The number of hydrogen-bond donors (Lipinski definition) is 0. The van der Waals surface area contributed by atoms with Crippen LogP contribution in [0.3, 0.4) is 0 Å². The molecule has 0 aliphatic heterocycles. The van der Waals surface area contributed by atoms with Gasteiger partial charge in [0.05, 0.1) is 6.10 Å². The lowest BCUT2D eigenvalue weighted by molar-refractivity contribution is 0.0339. The van der Waals surface area contributed by atoms with Gasteiger partial charge in [-0.1, -0.05) is 13.8 Å².